The van der Waals surface area contributed by atoms with Crippen molar-refractivity contribution in [2.75, 3.05) is 37.7 Å². The fourth-order valence-corrected chi connectivity index (χ4v) is 7.19. The first-order valence-electron chi connectivity index (χ1n) is 16.9. The molecule has 2 amide bonds. The van der Waals surface area contributed by atoms with Gasteiger partial charge in [-0.05, 0) is 66.1 Å². The number of anilines is 2. The molecule has 11 heteroatoms. The van der Waals surface area contributed by atoms with E-state index in [9.17, 15) is 14.7 Å². The molecule has 0 bridgehead atoms. The molecule has 1 fully saturated rings. The summed E-state index contributed by atoms with van der Waals surface area (Å²) in [5.41, 5.74) is 4.89. The number of phenols is 1. The number of aromatic hydroxyl groups is 1. The zero-order chi connectivity index (χ0) is 34.9. The molecular weight excluding hydrogens is 664 g/mol. The van der Waals surface area contributed by atoms with Gasteiger partial charge in [0.15, 0.2) is 11.4 Å². The van der Waals surface area contributed by atoms with Crippen LogP contribution in [0.25, 0.3) is 16.6 Å². The summed E-state index contributed by atoms with van der Waals surface area (Å²) in [6, 6.07) is 33.0. The van der Waals surface area contributed by atoms with Crippen LogP contribution in [0.3, 0.4) is 0 Å². The van der Waals surface area contributed by atoms with Crippen LogP contribution in [0, 0.1) is 0 Å². The third kappa shape index (κ3) is 6.45. The minimum Gasteiger partial charge on any atom is -0.508 e. The number of amides is 2. The highest BCUT2D eigenvalue weighted by Gasteiger charge is 2.35. The second-order valence-corrected chi connectivity index (χ2v) is 13.2. The maximum atomic E-state index is 14.8. The van der Waals surface area contributed by atoms with Crippen molar-refractivity contribution in [1.29, 1.82) is 0 Å². The van der Waals surface area contributed by atoms with Gasteiger partial charge in [-0.2, -0.15) is 5.10 Å². The second kappa shape index (κ2) is 14.0. The van der Waals surface area contributed by atoms with Crippen LogP contribution < -0.4 is 4.90 Å². The fourth-order valence-electron chi connectivity index (χ4n) is 7.04. The number of phenolic OH excluding ortho intramolecular Hbond substituents is 1. The minimum absolute atomic E-state index is 0.0870. The number of fused-ring (bicyclic) bond motifs is 2. The number of carbonyl (C=O) groups excluding carboxylic acids is 2. The molecule has 4 heterocycles. The molecule has 0 saturated carbocycles. The van der Waals surface area contributed by atoms with Crippen molar-refractivity contribution in [2.24, 2.45) is 0 Å². The third-order valence-electron chi connectivity index (χ3n) is 9.57. The van der Waals surface area contributed by atoms with Gasteiger partial charge in [0.05, 0.1) is 29.4 Å². The first kappa shape index (κ1) is 32.6. The predicted molar refractivity (Wildman–Crippen MR) is 196 cm³/mol. The third-order valence-corrected chi connectivity index (χ3v) is 9.78. The number of hydrogen-bond acceptors (Lipinski definition) is 7. The molecule has 2 aromatic heterocycles. The lowest BCUT2D eigenvalue weighted by Crippen LogP contribution is -2.52. The van der Waals surface area contributed by atoms with E-state index in [4.69, 9.17) is 21.4 Å². The summed E-state index contributed by atoms with van der Waals surface area (Å²) in [4.78, 5) is 39.9. The van der Waals surface area contributed by atoms with Gasteiger partial charge in [-0.3, -0.25) is 19.4 Å². The van der Waals surface area contributed by atoms with Gasteiger partial charge in [-0.1, -0.05) is 72.3 Å². The van der Waals surface area contributed by atoms with Crippen LogP contribution in [0.1, 0.15) is 32.1 Å². The second-order valence-electron chi connectivity index (χ2n) is 12.8. The SMILES string of the molecule is O=C(c1nn(-c2cc(Cl)cnc2C(=O)N2Cc3ccccc3CC2CN2CCOCC2)c2ccccc12)N(c1ccccc1)c1ccc(O)cc1. The summed E-state index contributed by atoms with van der Waals surface area (Å²) in [6.45, 7) is 4.11. The first-order valence-corrected chi connectivity index (χ1v) is 17.3. The lowest BCUT2D eigenvalue weighted by molar-refractivity contribution is 0.0191. The highest BCUT2D eigenvalue weighted by molar-refractivity contribution is 6.30. The number of rotatable bonds is 7. The molecule has 51 heavy (non-hydrogen) atoms. The zero-order valence-electron chi connectivity index (χ0n) is 27.7. The minimum atomic E-state index is -0.386. The normalized spacial score (nSPS) is 16.2. The van der Waals surface area contributed by atoms with E-state index in [0.29, 0.717) is 59.3 Å². The number of ether oxygens (including phenoxy) is 1. The summed E-state index contributed by atoms with van der Waals surface area (Å²) < 4.78 is 7.20. The maximum Gasteiger partial charge on any atom is 0.283 e. The topological polar surface area (TPSA) is 104 Å². The van der Waals surface area contributed by atoms with E-state index in [-0.39, 0.29) is 35.0 Å². The van der Waals surface area contributed by atoms with Crippen LogP contribution in [0.5, 0.6) is 5.75 Å². The van der Waals surface area contributed by atoms with Crippen molar-refractivity contribution in [2.45, 2.75) is 19.0 Å². The fraction of sp³-hybridized carbons (Fsp3) is 0.200. The van der Waals surface area contributed by atoms with E-state index >= 15 is 0 Å². The van der Waals surface area contributed by atoms with Gasteiger partial charge in [0, 0.05) is 55.2 Å². The Morgan fingerprint density at radius 1 is 0.843 bits per heavy atom. The van der Waals surface area contributed by atoms with E-state index < -0.39 is 0 Å². The summed E-state index contributed by atoms with van der Waals surface area (Å²) in [5, 5.41) is 15.8. The molecule has 1 N–H and O–H groups in total. The van der Waals surface area contributed by atoms with Crippen molar-refractivity contribution in [1.82, 2.24) is 24.6 Å². The quantitative estimate of drug-likeness (QED) is 0.199. The molecule has 1 atom stereocenters. The average Bonchev–Trinajstić information content (AvgIpc) is 3.56. The van der Waals surface area contributed by atoms with Gasteiger partial charge in [0.2, 0.25) is 0 Å². The van der Waals surface area contributed by atoms with Crippen molar-refractivity contribution >= 4 is 45.7 Å². The molecule has 0 aliphatic carbocycles. The lowest BCUT2D eigenvalue weighted by atomic mass is 9.93. The monoisotopic (exact) mass is 698 g/mol. The molecule has 256 valence electrons. The van der Waals surface area contributed by atoms with Gasteiger partial charge in [0.25, 0.3) is 11.8 Å². The predicted octanol–water partition coefficient (Wildman–Crippen LogP) is 6.66. The van der Waals surface area contributed by atoms with E-state index in [0.717, 1.165) is 25.1 Å². The number of benzene rings is 4. The van der Waals surface area contributed by atoms with E-state index in [2.05, 4.69) is 22.0 Å². The van der Waals surface area contributed by atoms with Gasteiger partial charge in [-0.15, -0.1) is 0 Å². The Hall–Kier alpha value is -5.55. The van der Waals surface area contributed by atoms with Gasteiger partial charge < -0.3 is 14.7 Å². The van der Waals surface area contributed by atoms with Crippen molar-refractivity contribution in [3.05, 3.63) is 143 Å². The highest BCUT2D eigenvalue weighted by atomic mass is 35.5. The van der Waals surface area contributed by atoms with Gasteiger partial charge >= 0.3 is 0 Å². The van der Waals surface area contributed by atoms with Crippen LogP contribution in [0.15, 0.2) is 115 Å². The van der Waals surface area contributed by atoms with Crippen molar-refractivity contribution in [3.8, 4) is 11.4 Å². The molecule has 0 radical (unpaired) electrons. The van der Waals surface area contributed by atoms with E-state index in [1.807, 2.05) is 71.6 Å². The molecule has 4 aromatic carbocycles. The van der Waals surface area contributed by atoms with E-state index in [1.165, 1.54) is 23.9 Å². The maximum absolute atomic E-state index is 14.8. The number of morpholine rings is 1. The average molecular weight is 699 g/mol. The summed E-state index contributed by atoms with van der Waals surface area (Å²) >= 11 is 6.58. The smallest absolute Gasteiger partial charge is 0.283 e. The van der Waals surface area contributed by atoms with Crippen LogP contribution in [0.4, 0.5) is 11.4 Å². The van der Waals surface area contributed by atoms with Crippen LogP contribution in [-0.2, 0) is 17.7 Å². The molecule has 1 saturated heterocycles. The standard InChI is InChI=1S/C40H35ClN6O4/c41-29-23-36(38(42-24-29)39(49)45-25-28-9-5-4-8-27(28)22-32(45)26-44-18-20-51-21-19-44)47-35-13-7-6-12-34(35)37(43-47)40(50)46(30-10-2-1-3-11-30)31-14-16-33(48)17-15-31/h1-17,23-24,32,48H,18-22,25-26H2. The molecule has 2 aliphatic rings. The van der Waals surface area contributed by atoms with Gasteiger partial charge in [-0.25, -0.2) is 9.67 Å². The number of hydrogen-bond donors (Lipinski definition) is 1. The number of halogens is 1. The molecular formula is C40H35ClN6O4. The number of nitrogens with zero attached hydrogens (tertiary/aromatic N) is 6. The van der Waals surface area contributed by atoms with Crippen molar-refractivity contribution < 1.29 is 19.4 Å². The zero-order valence-corrected chi connectivity index (χ0v) is 28.5. The number of pyridine rings is 1. The molecule has 10 nitrogen and oxygen atoms in total. The Morgan fingerprint density at radius 2 is 1.53 bits per heavy atom. The molecule has 1 unspecified atom stereocenters. The molecule has 6 aromatic rings. The lowest BCUT2D eigenvalue weighted by Gasteiger charge is -2.40. The van der Waals surface area contributed by atoms with Crippen LogP contribution in [0.2, 0.25) is 5.02 Å². The summed E-state index contributed by atoms with van der Waals surface area (Å²) in [5.74, 6) is -0.538. The first-order chi connectivity index (χ1) is 24.9. The largest absolute Gasteiger partial charge is 0.508 e. The summed E-state index contributed by atoms with van der Waals surface area (Å²) in [7, 11) is 0. The summed E-state index contributed by atoms with van der Waals surface area (Å²) in [6.07, 6.45) is 2.20. The van der Waals surface area contributed by atoms with Crippen LogP contribution in [-0.4, -0.2) is 80.4 Å². The molecule has 2 aliphatic heterocycles. The molecule has 8 rings (SSSR count). The number of para-hydroxylation sites is 2. The number of carbonyl (C=O) groups is 2. The van der Waals surface area contributed by atoms with E-state index in [1.54, 1.807) is 27.8 Å². The Bertz CT molecular complexity index is 2220. The Morgan fingerprint density at radius 3 is 2.31 bits per heavy atom. The Labute approximate surface area is 300 Å². The highest BCUT2D eigenvalue weighted by Crippen LogP contribution is 2.33. The Balaban J connectivity index is 1.22. The Kier molecular flexibility index (Phi) is 8.95. The number of aromatic nitrogens is 3. The van der Waals surface area contributed by atoms with Gasteiger partial charge in [0.1, 0.15) is 5.75 Å². The van der Waals surface area contributed by atoms with Crippen molar-refractivity contribution in [3.63, 3.8) is 0 Å². The van der Waals surface area contributed by atoms with Crippen LogP contribution >= 0.6 is 11.6 Å². The molecule has 0 spiro atoms.